The van der Waals surface area contributed by atoms with Crippen LogP contribution in [0.3, 0.4) is 0 Å². The molecule has 0 aliphatic rings. The van der Waals surface area contributed by atoms with Crippen LogP contribution in [0.5, 0.6) is 11.5 Å². The predicted octanol–water partition coefficient (Wildman–Crippen LogP) is 2.86. The Morgan fingerprint density at radius 2 is 1.33 bits per heavy atom. The van der Waals surface area contributed by atoms with Gasteiger partial charge < -0.3 is 9.47 Å². The van der Waals surface area contributed by atoms with Gasteiger partial charge in [0.15, 0.2) is 5.11 Å². The summed E-state index contributed by atoms with van der Waals surface area (Å²) in [4.78, 5) is 24.4. The number of ether oxygens (including phenoxy) is 2. The van der Waals surface area contributed by atoms with Crippen molar-refractivity contribution in [2.24, 2.45) is 0 Å². The summed E-state index contributed by atoms with van der Waals surface area (Å²) >= 11 is 9.19. The maximum atomic E-state index is 12.2. The van der Waals surface area contributed by atoms with Gasteiger partial charge in [-0.1, -0.05) is 0 Å². The number of halogens is 2. The smallest absolute Gasteiger partial charge is 0.269 e. The zero-order valence-corrected chi connectivity index (χ0v) is 19.4. The van der Waals surface area contributed by atoms with Crippen molar-refractivity contribution in [1.29, 1.82) is 0 Å². The number of benzene rings is 2. The van der Waals surface area contributed by atoms with Crippen LogP contribution in [0.4, 0.5) is 0 Å². The molecule has 0 saturated heterocycles. The van der Waals surface area contributed by atoms with Crippen molar-refractivity contribution in [3.05, 3.63) is 54.7 Å². The number of thiocarbonyl (C=S) groups is 1. The fourth-order valence-electron chi connectivity index (χ4n) is 2.01. The third-order valence-corrected chi connectivity index (χ3v) is 5.23. The first kappa shape index (κ1) is 21.6. The molecule has 0 fully saturated rings. The van der Waals surface area contributed by atoms with Crippen LogP contribution in [0.2, 0.25) is 0 Å². The molecule has 3 N–H and O–H groups in total. The first-order valence-electron chi connectivity index (χ1n) is 7.44. The van der Waals surface area contributed by atoms with Gasteiger partial charge in [-0.25, -0.2) is 0 Å². The van der Waals surface area contributed by atoms with Crippen molar-refractivity contribution in [3.8, 4) is 11.5 Å². The highest BCUT2D eigenvalue weighted by atomic mass is 127. The molecule has 142 valence electrons. The minimum absolute atomic E-state index is 0.0256. The maximum absolute atomic E-state index is 12.2. The Kier molecular flexibility index (Phi) is 8.04. The van der Waals surface area contributed by atoms with Gasteiger partial charge >= 0.3 is 0 Å². The van der Waals surface area contributed by atoms with E-state index in [-0.39, 0.29) is 5.11 Å². The van der Waals surface area contributed by atoms with Gasteiger partial charge in [0.25, 0.3) is 11.8 Å². The number of hydrazine groups is 1. The molecule has 0 saturated carbocycles. The van der Waals surface area contributed by atoms with Crippen LogP contribution in [-0.4, -0.2) is 31.1 Å². The monoisotopic (exact) mass is 611 g/mol. The van der Waals surface area contributed by atoms with Crippen molar-refractivity contribution < 1.29 is 19.1 Å². The van der Waals surface area contributed by atoms with Gasteiger partial charge in [-0.2, -0.15) is 0 Å². The molecule has 2 aromatic carbocycles. The Morgan fingerprint density at radius 1 is 0.852 bits per heavy atom. The molecular weight excluding hydrogens is 596 g/mol. The second-order valence-electron chi connectivity index (χ2n) is 5.06. The minimum atomic E-state index is -0.402. The summed E-state index contributed by atoms with van der Waals surface area (Å²) in [6.07, 6.45) is 0. The quantitative estimate of drug-likeness (QED) is 0.280. The average molecular weight is 611 g/mol. The van der Waals surface area contributed by atoms with Crippen LogP contribution in [-0.2, 0) is 0 Å². The Hall–Kier alpha value is -1.67. The molecule has 0 aliphatic carbocycles. The van der Waals surface area contributed by atoms with Crippen molar-refractivity contribution in [2.75, 3.05) is 14.2 Å². The number of hydrogen-bond donors (Lipinski definition) is 3. The summed E-state index contributed by atoms with van der Waals surface area (Å²) in [5, 5.41) is 2.47. The van der Waals surface area contributed by atoms with Crippen LogP contribution in [0.15, 0.2) is 36.4 Å². The molecule has 2 aromatic rings. The lowest BCUT2D eigenvalue weighted by Crippen LogP contribution is -2.48. The Labute approximate surface area is 188 Å². The number of hydrogen-bond acceptors (Lipinski definition) is 5. The molecule has 27 heavy (non-hydrogen) atoms. The van der Waals surface area contributed by atoms with Crippen LogP contribution in [0, 0.1) is 7.14 Å². The highest BCUT2D eigenvalue weighted by Gasteiger charge is 2.12. The van der Waals surface area contributed by atoms with Crippen LogP contribution < -0.4 is 25.6 Å². The molecule has 10 heteroatoms. The summed E-state index contributed by atoms with van der Waals surface area (Å²) in [6.45, 7) is 0. The summed E-state index contributed by atoms with van der Waals surface area (Å²) in [7, 11) is 3.12. The summed E-state index contributed by atoms with van der Waals surface area (Å²) in [5.41, 5.74) is 5.79. The van der Waals surface area contributed by atoms with Crippen molar-refractivity contribution in [3.63, 3.8) is 0 Å². The number of rotatable bonds is 4. The van der Waals surface area contributed by atoms with Crippen LogP contribution >= 0.6 is 57.4 Å². The molecule has 0 bridgehead atoms. The van der Waals surface area contributed by atoms with E-state index in [1.165, 1.54) is 0 Å². The molecule has 2 amide bonds. The van der Waals surface area contributed by atoms with E-state index in [9.17, 15) is 9.59 Å². The molecular formula is C17H15I2N3O4S. The van der Waals surface area contributed by atoms with Gasteiger partial charge in [0.05, 0.1) is 21.4 Å². The minimum Gasteiger partial charge on any atom is -0.496 e. The molecule has 7 nitrogen and oxygen atoms in total. The topological polar surface area (TPSA) is 88.7 Å². The summed E-state index contributed by atoms with van der Waals surface area (Å²) in [6, 6.07) is 9.99. The lowest BCUT2D eigenvalue weighted by Gasteiger charge is -2.12. The largest absolute Gasteiger partial charge is 0.496 e. The van der Waals surface area contributed by atoms with Crippen LogP contribution in [0.25, 0.3) is 0 Å². The first-order valence-corrected chi connectivity index (χ1v) is 10.0. The Balaban J connectivity index is 1.91. The zero-order valence-electron chi connectivity index (χ0n) is 14.3. The molecule has 0 heterocycles. The maximum Gasteiger partial charge on any atom is 0.269 e. The van der Waals surface area contributed by atoms with E-state index in [4.69, 9.17) is 21.7 Å². The third kappa shape index (κ3) is 5.90. The molecule has 0 spiro atoms. The molecule has 0 atom stereocenters. The van der Waals surface area contributed by atoms with Gasteiger partial charge in [-0.15, -0.1) is 0 Å². The molecule has 0 aliphatic heterocycles. The highest BCUT2D eigenvalue weighted by Crippen LogP contribution is 2.22. The average Bonchev–Trinajstić information content (AvgIpc) is 2.65. The molecule has 0 aromatic heterocycles. The first-order chi connectivity index (χ1) is 12.8. The highest BCUT2D eigenvalue weighted by molar-refractivity contribution is 14.1. The van der Waals surface area contributed by atoms with Crippen molar-refractivity contribution in [2.45, 2.75) is 0 Å². The zero-order chi connectivity index (χ0) is 20.0. The second kappa shape index (κ2) is 10.0. The molecule has 0 unspecified atom stereocenters. The summed E-state index contributed by atoms with van der Waals surface area (Å²) < 4.78 is 11.9. The molecule has 2 rings (SSSR count). The lowest BCUT2D eigenvalue weighted by atomic mass is 10.2. The number of nitrogens with one attached hydrogen (secondary N) is 3. The van der Waals surface area contributed by atoms with E-state index >= 15 is 0 Å². The lowest BCUT2D eigenvalue weighted by molar-refractivity contribution is 0.0934. The van der Waals surface area contributed by atoms with Crippen molar-refractivity contribution >= 4 is 74.3 Å². The standard InChI is InChI=1S/C17H15I2N3O4S/c1-25-13-5-3-9(7-11(13)18)15(23)20-17(27)22-21-16(24)10-4-6-14(26-2)12(19)8-10/h3-8H,1-2H3,(H,21,24)(H2,20,22,23,27). The van der Waals surface area contributed by atoms with E-state index < -0.39 is 11.8 Å². The van der Waals surface area contributed by atoms with E-state index in [2.05, 4.69) is 61.4 Å². The van der Waals surface area contributed by atoms with E-state index in [1.807, 2.05) is 0 Å². The number of carbonyl (C=O) groups excluding carboxylic acids is 2. The Morgan fingerprint density at radius 3 is 1.78 bits per heavy atom. The van der Waals surface area contributed by atoms with Crippen molar-refractivity contribution in [1.82, 2.24) is 16.2 Å². The predicted molar refractivity (Wildman–Crippen MR) is 122 cm³/mol. The van der Waals surface area contributed by atoms with Gasteiger partial charge in [0.1, 0.15) is 11.5 Å². The van der Waals surface area contributed by atoms with E-state index in [0.717, 1.165) is 7.14 Å². The van der Waals surface area contributed by atoms with Crippen LogP contribution in [0.1, 0.15) is 20.7 Å². The Bertz CT molecular complexity index is 892. The number of amides is 2. The fraction of sp³-hybridized carbons (Fsp3) is 0.118. The molecule has 0 radical (unpaired) electrons. The summed E-state index contributed by atoms with van der Waals surface area (Å²) in [5.74, 6) is 0.554. The van der Waals surface area contributed by atoms with Gasteiger partial charge in [0, 0.05) is 11.1 Å². The fourth-order valence-corrected chi connectivity index (χ4v) is 3.62. The van der Waals surface area contributed by atoms with Gasteiger partial charge in [-0.3, -0.25) is 25.8 Å². The normalized spacial score (nSPS) is 9.93. The number of methoxy groups -OCH3 is 2. The SMILES string of the molecule is COc1ccc(C(=O)NNC(=S)NC(=O)c2ccc(OC)c(I)c2)cc1I. The van der Waals surface area contributed by atoms with Gasteiger partial charge in [0.2, 0.25) is 0 Å². The third-order valence-electron chi connectivity index (χ3n) is 3.34. The van der Waals surface area contributed by atoms with E-state index in [0.29, 0.717) is 22.6 Å². The van der Waals surface area contributed by atoms with Gasteiger partial charge in [-0.05, 0) is 93.8 Å². The van der Waals surface area contributed by atoms with E-state index in [1.54, 1.807) is 50.6 Å². The second-order valence-corrected chi connectivity index (χ2v) is 7.79. The number of carbonyl (C=O) groups is 2.